The number of hydrogen-bond acceptors (Lipinski definition) is 6. The number of fused-ring (bicyclic) bond motifs is 4. The first kappa shape index (κ1) is 16.7. The lowest BCUT2D eigenvalue weighted by Gasteiger charge is -2.22. The minimum atomic E-state index is -0.192. The molecule has 3 heterocycles. The molecule has 140 valence electrons. The highest BCUT2D eigenvalue weighted by Gasteiger charge is 2.39. The van der Waals surface area contributed by atoms with Crippen LogP contribution < -0.4 is 14.8 Å². The smallest absolute Gasteiger partial charge is 0.287 e. The minimum Gasteiger partial charge on any atom is -0.455 e. The summed E-state index contributed by atoms with van der Waals surface area (Å²) in [6.07, 6.45) is 1.90. The molecule has 1 N–H and O–H groups in total. The van der Waals surface area contributed by atoms with Gasteiger partial charge in [0.2, 0.25) is 6.79 Å². The molecule has 5 rings (SSSR count). The van der Waals surface area contributed by atoms with Crippen molar-refractivity contribution >= 4 is 22.7 Å². The van der Waals surface area contributed by atoms with Gasteiger partial charge in [-0.2, -0.15) is 0 Å². The van der Waals surface area contributed by atoms with Gasteiger partial charge in [-0.3, -0.25) is 9.79 Å². The lowest BCUT2D eigenvalue weighted by Crippen LogP contribution is -2.23. The molecule has 0 spiro atoms. The summed E-state index contributed by atoms with van der Waals surface area (Å²) in [6, 6.07) is 5.79. The Labute approximate surface area is 161 Å². The molecular formula is C20H20N2O4S. The van der Waals surface area contributed by atoms with Crippen LogP contribution in [0.3, 0.4) is 0 Å². The molecule has 2 atom stereocenters. The van der Waals surface area contributed by atoms with Crippen molar-refractivity contribution in [3.63, 3.8) is 0 Å². The van der Waals surface area contributed by atoms with Crippen LogP contribution in [0.5, 0.6) is 11.5 Å². The standard InChI is InChI=1S/C20H20N2O4S/c1-10-17-14(5-6-16-18(17)22-11(2)27-16)26-19(10)20(23)21-8-12-3-4-13-15(7-12)25-9-24-13/h3-4,7,16,18H,5-6,8-9H2,1-2H3,(H,21,23)/t16-,18+/m0/s1. The summed E-state index contributed by atoms with van der Waals surface area (Å²) in [5.74, 6) is 2.58. The van der Waals surface area contributed by atoms with Gasteiger partial charge in [0.15, 0.2) is 17.3 Å². The number of aliphatic imine (C=N–C) groups is 1. The van der Waals surface area contributed by atoms with Crippen LogP contribution in [0.2, 0.25) is 0 Å². The van der Waals surface area contributed by atoms with Gasteiger partial charge in [-0.05, 0) is 38.0 Å². The van der Waals surface area contributed by atoms with Crippen LogP contribution in [-0.4, -0.2) is 23.0 Å². The first-order chi connectivity index (χ1) is 13.1. The molecular weight excluding hydrogens is 364 g/mol. The fraction of sp³-hybridized carbons (Fsp3) is 0.400. The first-order valence-corrected chi connectivity index (χ1v) is 9.98. The number of benzene rings is 1. The van der Waals surface area contributed by atoms with Crippen molar-refractivity contribution in [2.75, 3.05) is 6.79 Å². The molecule has 1 aromatic carbocycles. The first-order valence-electron chi connectivity index (χ1n) is 9.10. The maximum absolute atomic E-state index is 12.7. The molecule has 7 heteroatoms. The van der Waals surface area contributed by atoms with Crippen molar-refractivity contribution in [2.45, 2.75) is 44.5 Å². The molecule has 0 radical (unpaired) electrons. The second-order valence-electron chi connectivity index (χ2n) is 7.05. The number of amides is 1. The summed E-state index contributed by atoms with van der Waals surface area (Å²) in [4.78, 5) is 17.5. The number of nitrogens with zero attached hydrogens (tertiary/aromatic N) is 1. The Hall–Kier alpha value is -2.41. The number of ether oxygens (including phenoxy) is 2. The number of carbonyl (C=O) groups is 1. The van der Waals surface area contributed by atoms with E-state index in [0.29, 0.717) is 23.3 Å². The Kier molecular flexibility index (Phi) is 3.93. The lowest BCUT2D eigenvalue weighted by molar-refractivity contribution is 0.0920. The largest absolute Gasteiger partial charge is 0.455 e. The summed E-state index contributed by atoms with van der Waals surface area (Å²) >= 11 is 1.84. The molecule has 3 aliphatic rings. The number of hydrogen-bond donors (Lipinski definition) is 1. The number of furan rings is 1. The van der Waals surface area contributed by atoms with Crippen LogP contribution in [0.25, 0.3) is 0 Å². The number of aryl methyl sites for hydroxylation is 1. The molecule has 2 aliphatic heterocycles. The molecule has 1 aromatic heterocycles. The molecule has 0 unspecified atom stereocenters. The predicted octanol–water partition coefficient (Wildman–Crippen LogP) is 3.77. The zero-order chi connectivity index (χ0) is 18.5. The zero-order valence-corrected chi connectivity index (χ0v) is 16.0. The van der Waals surface area contributed by atoms with Crippen molar-refractivity contribution < 1.29 is 18.7 Å². The van der Waals surface area contributed by atoms with Crippen molar-refractivity contribution in [1.29, 1.82) is 0 Å². The molecule has 1 amide bonds. The molecule has 27 heavy (non-hydrogen) atoms. The van der Waals surface area contributed by atoms with Crippen molar-refractivity contribution in [3.05, 3.63) is 46.4 Å². The molecule has 0 saturated carbocycles. The Morgan fingerprint density at radius 2 is 2.15 bits per heavy atom. The van der Waals surface area contributed by atoms with Gasteiger partial charge in [0.1, 0.15) is 5.76 Å². The Morgan fingerprint density at radius 1 is 1.30 bits per heavy atom. The fourth-order valence-electron chi connectivity index (χ4n) is 4.02. The van der Waals surface area contributed by atoms with Gasteiger partial charge < -0.3 is 19.2 Å². The summed E-state index contributed by atoms with van der Waals surface area (Å²) in [5, 5.41) is 4.54. The van der Waals surface area contributed by atoms with Gasteiger partial charge >= 0.3 is 0 Å². The predicted molar refractivity (Wildman–Crippen MR) is 103 cm³/mol. The number of nitrogens with one attached hydrogen (secondary N) is 1. The van der Waals surface area contributed by atoms with E-state index in [-0.39, 0.29) is 18.7 Å². The van der Waals surface area contributed by atoms with Gasteiger partial charge in [-0.15, -0.1) is 11.8 Å². The van der Waals surface area contributed by atoms with E-state index in [9.17, 15) is 4.79 Å². The highest BCUT2D eigenvalue weighted by molar-refractivity contribution is 8.14. The maximum atomic E-state index is 12.7. The number of thioether (sulfide) groups is 1. The average Bonchev–Trinajstić information content (AvgIpc) is 3.35. The fourth-order valence-corrected chi connectivity index (χ4v) is 5.20. The monoisotopic (exact) mass is 384 g/mol. The summed E-state index contributed by atoms with van der Waals surface area (Å²) < 4.78 is 16.7. The van der Waals surface area contributed by atoms with Gasteiger partial charge in [-0.25, -0.2) is 0 Å². The Morgan fingerprint density at radius 3 is 3.04 bits per heavy atom. The number of carbonyl (C=O) groups excluding carboxylic acids is 1. The molecule has 2 aromatic rings. The van der Waals surface area contributed by atoms with E-state index >= 15 is 0 Å². The van der Waals surface area contributed by atoms with Crippen LogP contribution in [0, 0.1) is 6.92 Å². The zero-order valence-electron chi connectivity index (χ0n) is 15.2. The second-order valence-corrected chi connectivity index (χ2v) is 8.48. The van der Waals surface area contributed by atoms with E-state index in [4.69, 9.17) is 18.9 Å². The second kappa shape index (κ2) is 6.34. The van der Waals surface area contributed by atoms with Gasteiger partial charge in [0.05, 0.1) is 11.1 Å². The van der Waals surface area contributed by atoms with Gasteiger partial charge in [0, 0.05) is 29.3 Å². The molecule has 0 fully saturated rings. The van der Waals surface area contributed by atoms with Crippen LogP contribution in [0.1, 0.15) is 52.4 Å². The minimum absolute atomic E-state index is 0.123. The summed E-state index contributed by atoms with van der Waals surface area (Å²) in [6.45, 7) is 4.66. The third kappa shape index (κ3) is 2.81. The van der Waals surface area contributed by atoms with Crippen molar-refractivity contribution in [1.82, 2.24) is 5.32 Å². The molecule has 6 nitrogen and oxygen atoms in total. The third-order valence-corrected chi connectivity index (χ3v) is 6.56. The summed E-state index contributed by atoms with van der Waals surface area (Å²) in [5.41, 5.74) is 2.99. The van der Waals surface area contributed by atoms with Crippen LogP contribution in [-0.2, 0) is 13.0 Å². The van der Waals surface area contributed by atoms with Crippen LogP contribution in [0.4, 0.5) is 0 Å². The quantitative estimate of drug-likeness (QED) is 0.872. The highest BCUT2D eigenvalue weighted by atomic mass is 32.2. The van der Waals surface area contributed by atoms with Gasteiger partial charge in [0.25, 0.3) is 5.91 Å². The van der Waals surface area contributed by atoms with E-state index in [1.807, 2.05) is 36.9 Å². The molecule has 1 aliphatic carbocycles. The topological polar surface area (TPSA) is 73.1 Å². The van der Waals surface area contributed by atoms with E-state index in [2.05, 4.69) is 12.2 Å². The average molecular weight is 384 g/mol. The molecule has 0 bridgehead atoms. The van der Waals surface area contributed by atoms with Gasteiger partial charge in [-0.1, -0.05) is 6.07 Å². The van der Waals surface area contributed by atoms with E-state index in [0.717, 1.165) is 46.1 Å². The lowest BCUT2D eigenvalue weighted by atomic mass is 9.90. The SMILES string of the molecule is CC1=N[C@H]2c3c(oc(C(=O)NCc4ccc5c(c4)OCO5)c3C)CC[C@@H]2S1. The van der Waals surface area contributed by atoms with E-state index in [1.54, 1.807) is 0 Å². The van der Waals surface area contributed by atoms with Crippen LogP contribution in [0.15, 0.2) is 27.6 Å². The van der Waals surface area contributed by atoms with Crippen molar-refractivity contribution in [2.24, 2.45) is 4.99 Å². The maximum Gasteiger partial charge on any atom is 0.287 e. The van der Waals surface area contributed by atoms with Crippen molar-refractivity contribution in [3.8, 4) is 11.5 Å². The highest BCUT2D eigenvalue weighted by Crippen LogP contribution is 2.47. The normalized spacial score (nSPS) is 22.2. The Bertz CT molecular complexity index is 965. The molecule has 0 saturated heterocycles. The van der Waals surface area contributed by atoms with Crippen LogP contribution >= 0.6 is 11.8 Å². The van der Waals surface area contributed by atoms with E-state index in [1.165, 1.54) is 0 Å². The third-order valence-electron chi connectivity index (χ3n) is 5.31. The summed E-state index contributed by atoms with van der Waals surface area (Å²) in [7, 11) is 0. The number of rotatable bonds is 3. The Balaban J connectivity index is 1.35. The van der Waals surface area contributed by atoms with E-state index < -0.39 is 0 Å².